The minimum absolute atomic E-state index is 0.758. The van der Waals surface area contributed by atoms with Gasteiger partial charge in [0.05, 0.1) is 24.0 Å². The highest BCUT2D eigenvalue weighted by molar-refractivity contribution is 5.77. The van der Waals surface area contributed by atoms with Crippen LogP contribution in [0, 0.1) is 0 Å². The van der Waals surface area contributed by atoms with Crippen molar-refractivity contribution in [3.8, 4) is 5.75 Å². The number of aromatic nitrogens is 2. The van der Waals surface area contributed by atoms with Crippen LogP contribution in [0.3, 0.4) is 0 Å². The molecule has 0 spiro atoms. The molecule has 0 aliphatic carbocycles. The molecule has 0 radical (unpaired) electrons. The number of ether oxygens (including phenoxy) is 1. The minimum Gasteiger partial charge on any atom is -0.493 e. The number of benzene rings is 1. The quantitative estimate of drug-likeness (QED) is 0.540. The maximum absolute atomic E-state index is 5.93. The van der Waals surface area contributed by atoms with Gasteiger partial charge in [0, 0.05) is 19.2 Å². The van der Waals surface area contributed by atoms with Crippen molar-refractivity contribution in [2.24, 2.45) is 0 Å². The average Bonchev–Trinajstić information content (AvgIpc) is 3.02. The van der Waals surface area contributed by atoms with E-state index in [2.05, 4.69) is 73.4 Å². The zero-order valence-corrected chi connectivity index (χ0v) is 18.4. The smallest absolute Gasteiger partial charge is 0.121 e. The van der Waals surface area contributed by atoms with E-state index in [0.717, 1.165) is 62.4 Å². The zero-order valence-electron chi connectivity index (χ0n) is 18.4. The molecule has 0 aliphatic heterocycles. The van der Waals surface area contributed by atoms with Crippen molar-refractivity contribution in [3.05, 3.63) is 24.5 Å². The Labute approximate surface area is 166 Å². The second-order valence-corrected chi connectivity index (χ2v) is 7.46. The van der Waals surface area contributed by atoms with E-state index in [1.807, 2.05) is 12.4 Å². The Balaban J connectivity index is 0.00000114. The molecular weight excluding hydrogens is 336 g/mol. The summed E-state index contributed by atoms with van der Waals surface area (Å²) in [7, 11) is 6.38. The Morgan fingerprint density at radius 2 is 1.74 bits per heavy atom. The fraction of sp³-hybridized carbons (Fsp3) is 0.682. The summed E-state index contributed by atoms with van der Waals surface area (Å²) in [4.78, 5) is 9.05. The molecule has 0 N–H and O–H groups in total. The van der Waals surface area contributed by atoms with Crippen LogP contribution in [0.2, 0.25) is 0 Å². The van der Waals surface area contributed by atoms with Crippen LogP contribution in [0.25, 0.3) is 11.0 Å². The van der Waals surface area contributed by atoms with Gasteiger partial charge < -0.3 is 19.1 Å². The maximum Gasteiger partial charge on any atom is 0.121 e. The molecule has 1 heterocycles. The Morgan fingerprint density at radius 3 is 2.41 bits per heavy atom. The van der Waals surface area contributed by atoms with Gasteiger partial charge in [0.2, 0.25) is 0 Å². The SMILES string of the molecule is CCC.CCCN(C)CCCOc1ccc2ncn(CCCN(C)C)c2c1. The van der Waals surface area contributed by atoms with Gasteiger partial charge in [-0.15, -0.1) is 0 Å². The van der Waals surface area contributed by atoms with Crippen LogP contribution in [0.5, 0.6) is 5.75 Å². The molecule has 0 saturated heterocycles. The summed E-state index contributed by atoms with van der Waals surface area (Å²) in [6.07, 6.45) is 6.56. The van der Waals surface area contributed by atoms with Crippen molar-refractivity contribution in [1.29, 1.82) is 0 Å². The molecule has 0 unspecified atom stereocenters. The topological polar surface area (TPSA) is 33.5 Å². The van der Waals surface area contributed by atoms with E-state index in [9.17, 15) is 0 Å². The summed E-state index contributed by atoms with van der Waals surface area (Å²) < 4.78 is 8.16. The van der Waals surface area contributed by atoms with E-state index < -0.39 is 0 Å². The van der Waals surface area contributed by atoms with Gasteiger partial charge in [0.25, 0.3) is 0 Å². The van der Waals surface area contributed by atoms with Crippen molar-refractivity contribution in [2.45, 2.75) is 53.0 Å². The number of fused-ring (bicyclic) bond motifs is 1. The minimum atomic E-state index is 0.758. The molecule has 2 aromatic rings. The third-order valence-electron chi connectivity index (χ3n) is 4.16. The molecule has 0 atom stereocenters. The summed E-state index contributed by atoms with van der Waals surface area (Å²) in [5.41, 5.74) is 2.20. The number of aryl methyl sites for hydroxylation is 1. The van der Waals surface area contributed by atoms with Crippen LogP contribution >= 0.6 is 0 Å². The molecule has 0 bridgehead atoms. The summed E-state index contributed by atoms with van der Waals surface area (Å²) in [6.45, 7) is 11.5. The highest BCUT2D eigenvalue weighted by Gasteiger charge is 2.05. The van der Waals surface area contributed by atoms with Gasteiger partial charge in [-0.3, -0.25) is 0 Å². The first-order valence-corrected chi connectivity index (χ1v) is 10.4. The normalized spacial score (nSPS) is 11.1. The molecule has 1 aromatic heterocycles. The van der Waals surface area contributed by atoms with E-state index >= 15 is 0 Å². The molecule has 0 fully saturated rings. The van der Waals surface area contributed by atoms with Gasteiger partial charge in [-0.2, -0.15) is 0 Å². The van der Waals surface area contributed by atoms with E-state index in [4.69, 9.17) is 4.74 Å². The monoisotopic (exact) mass is 376 g/mol. The van der Waals surface area contributed by atoms with Crippen molar-refractivity contribution in [3.63, 3.8) is 0 Å². The molecule has 154 valence electrons. The van der Waals surface area contributed by atoms with Gasteiger partial charge in [0.15, 0.2) is 0 Å². The second-order valence-electron chi connectivity index (χ2n) is 7.46. The standard InChI is InChI=1S/C19H32N4O.C3H8/c1-5-10-22(4)12-7-14-24-17-8-9-18-19(15-17)23(16-20-18)13-6-11-21(2)3;1-3-2/h8-9,15-16H,5-7,10-14H2,1-4H3;3H2,1-2H3. The lowest BCUT2D eigenvalue weighted by molar-refractivity contribution is 0.263. The molecule has 2 rings (SSSR count). The van der Waals surface area contributed by atoms with Crippen LogP contribution in [-0.2, 0) is 6.54 Å². The molecule has 0 aliphatic rings. The number of rotatable bonds is 11. The number of hydrogen-bond donors (Lipinski definition) is 0. The highest BCUT2D eigenvalue weighted by Crippen LogP contribution is 2.20. The van der Waals surface area contributed by atoms with Crippen LogP contribution in [-0.4, -0.2) is 66.7 Å². The number of nitrogens with zero attached hydrogens (tertiary/aromatic N) is 4. The van der Waals surface area contributed by atoms with Crippen molar-refractivity contribution in [2.75, 3.05) is 47.4 Å². The van der Waals surface area contributed by atoms with Crippen LogP contribution < -0.4 is 4.74 Å². The van der Waals surface area contributed by atoms with E-state index in [-0.39, 0.29) is 0 Å². The molecule has 0 amide bonds. The van der Waals surface area contributed by atoms with E-state index in [1.54, 1.807) is 0 Å². The summed E-state index contributed by atoms with van der Waals surface area (Å²) in [5, 5.41) is 0. The van der Waals surface area contributed by atoms with Gasteiger partial charge >= 0.3 is 0 Å². The molecular formula is C22H40N4O. The second kappa shape index (κ2) is 13.6. The average molecular weight is 377 g/mol. The van der Waals surface area contributed by atoms with Crippen molar-refractivity contribution < 1.29 is 4.74 Å². The Morgan fingerprint density at radius 1 is 1.00 bits per heavy atom. The summed E-state index contributed by atoms with van der Waals surface area (Å²) in [6, 6.07) is 6.19. The fourth-order valence-corrected chi connectivity index (χ4v) is 2.88. The fourth-order valence-electron chi connectivity index (χ4n) is 2.88. The first-order valence-electron chi connectivity index (χ1n) is 10.4. The summed E-state index contributed by atoms with van der Waals surface area (Å²) >= 11 is 0. The van der Waals surface area contributed by atoms with Crippen molar-refractivity contribution >= 4 is 11.0 Å². The largest absolute Gasteiger partial charge is 0.493 e. The van der Waals surface area contributed by atoms with E-state index in [0.29, 0.717) is 0 Å². The predicted octanol–water partition coefficient (Wildman–Crippen LogP) is 4.52. The van der Waals surface area contributed by atoms with Crippen LogP contribution in [0.1, 0.15) is 46.5 Å². The molecule has 27 heavy (non-hydrogen) atoms. The predicted molar refractivity (Wildman–Crippen MR) is 117 cm³/mol. The third kappa shape index (κ3) is 9.25. The number of imidazole rings is 1. The third-order valence-corrected chi connectivity index (χ3v) is 4.16. The highest BCUT2D eigenvalue weighted by atomic mass is 16.5. The molecule has 1 aromatic carbocycles. The van der Waals surface area contributed by atoms with Crippen molar-refractivity contribution in [1.82, 2.24) is 19.4 Å². The maximum atomic E-state index is 5.93. The van der Waals surface area contributed by atoms with Gasteiger partial charge in [-0.1, -0.05) is 27.2 Å². The van der Waals surface area contributed by atoms with E-state index in [1.165, 1.54) is 12.8 Å². The molecule has 5 nitrogen and oxygen atoms in total. The number of hydrogen-bond acceptors (Lipinski definition) is 4. The zero-order chi connectivity index (χ0) is 20.1. The van der Waals surface area contributed by atoms with Crippen LogP contribution in [0.15, 0.2) is 24.5 Å². The van der Waals surface area contributed by atoms with Crippen LogP contribution in [0.4, 0.5) is 0 Å². The Hall–Kier alpha value is -1.59. The lowest BCUT2D eigenvalue weighted by Gasteiger charge is -2.15. The first kappa shape index (κ1) is 23.4. The molecule has 0 saturated carbocycles. The first-order chi connectivity index (χ1) is 13.0. The Bertz CT molecular complexity index is 624. The van der Waals surface area contributed by atoms with Gasteiger partial charge in [-0.25, -0.2) is 4.98 Å². The Kier molecular flexibility index (Phi) is 11.8. The lowest BCUT2D eigenvalue weighted by Crippen LogP contribution is -2.21. The lowest BCUT2D eigenvalue weighted by atomic mass is 10.3. The summed E-state index contributed by atoms with van der Waals surface area (Å²) in [5.74, 6) is 0.940. The molecule has 5 heteroatoms. The van der Waals surface area contributed by atoms with Gasteiger partial charge in [-0.05, 0) is 65.6 Å². The van der Waals surface area contributed by atoms with Gasteiger partial charge in [0.1, 0.15) is 5.75 Å².